The molecule has 5 nitrogen and oxygen atoms in total. The zero-order valence-corrected chi connectivity index (χ0v) is 16.5. The van der Waals surface area contributed by atoms with Crippen LogP contribution in [-0.2, 0) is 11.3 Å². The van der Waals surface area contributed by atoms with Gasteiger partial charge in [-0.05, 0) is 73.5 Å². The van der Waals surface area contributed by atoms with Gasteiger partial charge in [-0.1, -0.05) is 0 Å². The summed E-state index contributed by atoms with van der Waals surface area (Å²) in [7, 11) is 0. The van der Waals surface area contributed by atoms with E-state index in [4.69, 9.17) is 4.74 Å². The number of carbonyl (C=O) groups is 1. The molecule has 1 fully saturated rings. The number of nitrogens with zero attached hydrogens (tertiary/aromatic N) is 1. The van der Waals surface area contributed by atoms with E-state index in [1.807, 2.05) is 26.8 Å². The molecule has 6 heteroatoms. The SMILES string of the molecule is Cc1c(I)cc(NC(=O)OC(C)(C)C)cc1CN1CCNCC1. The maximum absolute atomic E-state index is 12.0. The predicted octanol–water partition coefficient (Wildman–Crippen LogP) is 3.35. The van der Waals surface area contributed by atoms with E-state index in [1.165, 1.54) is 11.1 Å². The zero-order chi connectivity index (χ0) is 17.0. The van der Waals surface area contributed by atoms with Gasteiger partial charge in [-0.25, -0.2) is 4.79 Å². The summed E-state index contributed by atoms with van der Waals surface area (Å²) in [6.45, 7) is 12.8. The zero-order valence-electron chi connectivity index (χ0n) is 14.3. The van der Waals surface area contributed by atoms with Crippen molar-refractivity contribution in [3.8, 4) is 0 Å². The molecule has 23 heavy (non-hydrogen) atoms. The second-order valence-corrected chi connectivity index (χ2v) is 8.06. The van der Waals surface area contributed by atoms with E-state index in [2.05, 4.69) is 51.1 Å². The minimum absolute atomic E-state index is 0.412. The van der Waals surface area contributed by atoms with Crippen LogP contribution in [0.15, 0.2) is 12.1 Å². The fourth-order valence-corrected chi connectivity index (χ4v) is 3.19. The normalized spacial score (nSPS) is 16.2. The van der Waals surface area contributed by atoms with Crippen molar-refractivity contribution in [1.29, 1.82) is 0 Å². The number of piperazine rings is 1. The average Bonchev–Trinajstić information content (AvgIpc) is 2.43. The third-order valence-electron chi connectivity index (χ3n) is 3.70. The lowest BCUT2D eigenvalue weighted by Gasteiger charge is -2.28. The molecule has 0 radical (unpaired) electrons. The van der Waals surface area contributed by atoms with Crippen molar-refractivity contribution in [2.45, 2.75) is 39.8 Å². The van der Waals surface area contributed by atoms with Crippen LogP contribution in [0.1, 0.15) is 31.9 Å². The van der Waals surface area contributed by atoms with Crippen molar-refractivity contribution in [3.63, 3.8) is 0 Å². The van der Waals surface area contributed by atoms with Gasteiger partial charge in [-0.15, -0.1) is 0 Å². The monoisotopic (exact) mass is 431 g/mol. The highest BCUT2D eigenvalue weighted by atomic mass is 127. The van der Waals surface area contributed by atoms with E-state index in [9.17, 15) is 4.79 Å². The molecule has 2 N–H and O–H groups in total. The fraction of sp³-hybridized carbons (Fsp3) is 0.588. The van der Waals surface area contributed by atoms with Gasteiger partial charge >= 0.3 is 6.09 Å². The van der Waals surface area contributed by atoms with Crippen LogP contribution in [0.5, 0.6) is 0 Å². The molecule has 1 heterocycles. The standard InChI is InChI=1S/C17H26IN3O2/c1-12-13(11-21-7-5-19-6-8-21)9-14(10-15(12)18)20-16(22)23-17(2,3)4/h9-10,19H,5-8,11H2,1-4H3,(H,20,22). The van der Waals surface area contributed by atoms with Crippen LogP contribution in [0.2, 0.25) is 0 Å². The summed E-state index contributed by atoms with van der Waals surface area (Å²) < 4.78 is 6.48. The number of hydrogen-bond acceptors (Lipinski definition) is 4. The molecule has 2 rings (SSSR count). The van der Waals surface area contributed by atoms with E-state index < -0.39 is 11.7 Å². The summed E-state index contributed by atoms with van der Waals surface area (Å²) >= 11 is 2.32. The van der Waals surface area contributed by atoms with Gasteiger partial charge in [-0.2, -0.15) is 0 Å². The van der Waals surface area contributed by atoms with Crippen molar-refractivity contribution < 1.29 is 9.53 Å². The second kappa shape index (κ2) is 7.81. The van der Waals surface area contributed by atoms with Crippen LogP contribution in [-0.4, -0.2) is 42.8 Å². The summed E-state index contributed by atoms with van der Waals surface area (Å²) in [6, 6.07) is 4.05. The van der Waals surface area contributed by atoms with Gasteiger partial charge in [0.2, 0.25) is 0 Å². The van der Waals surface area contributed by atoms with Gasteiger partial charge in [0, 0.05) is 42.0 Å². The molecule has 0 unspecified atom stereocenters. The number of rotatable bonds is 3. The van der Waals surface area contributed by atoms with Crippen LogP contribution >= 0.6 is 22.6 Å². The first kappa shape index (κ1) is 18.5. The lowest BCUT2D eigenvalue weighted by atomic mass is 10.1. The molecule has 1 amide bonds. The van der Waals surface area contributed by atoms with Crippen molar-refractivity contribution in [2.75, 3.05) is 31.5 Å². The number of hydrogen-bond donors (Lipinski definition) is 2. The Morgan fingerprint density at radius 1 is 1.35 bits per heavy atom. The van der Waals surface area contributed by atoms with Crippen LogP contribution < -0.4 is 10.6 Å². The van der Waals surface area contributed by atoms with Gasteiger partial charge in [0.15, 0.2) is 0 Å². The summed E-state index contributed by atoms with van der Waals surface area (Å²) in [5, 5.41) is 6.22. The van der Waals surface area contributed by atoms with Gasteiger partial charge < -0.3 is 10.1 Å². The van der Waals surface area contributed by atoms with E-state index >= 15 is 0 Å². The molecule has 0 aromatic heterocycles. The highest BCUT2D eigenvalue weighted by Gasteiger charge is 2.18. The summed E-state index contributed by atoms with van der Waals surface area (Å²) in [5.41, 5.74) is 2.83. The molecular weight excluding hydrogens is 405 g/mol. The number of benzene rings is 1. The highest BCUT2D eigenvalue weighted by molar-refractivity contribution is 14.1. The maximum atomic E-state index is 12.0. The maximum Gasteiger partial charge on any atom is 0.412 e. The molecule has 128 valence electrons. The quantitative estimate of drug-likeness (QED) is 0.721. The van der Waals surface area contributed by atoms with E-state index in [0.29, 0.717) is 0 Å². The Bertz CT molecular complexity index is 564. The lowest BCUT2D eigenvalue weighted by Crippen LogP contribution is -2.43. The molecular formula is C17H26IN3O2. The van der Waals surface area contributed by atoms with Crippen molar-refractivity contribution in [3.05, 3.63) is 26.8 Å². The molecule has 0 saturated carbocycles. The third-order valence-corrected chi connectivity index (χ3v) is 4.82. The third kappa shape index (κ3) is 5.93. The lowest BCUT2D eigenvalue weighted by molar-refractivity contribution is 0.0636. The van der Waals surface area contributed by atoms with E-state index in [1.54, 1.807) is 0 Å². The molecule has 1 aromatic rings. The Morgan fingerprint density at radius 2 is 2.00 bits per heavy atom. The van der Waals surface area contributed by atoms with Crippen LogP contribution in [0, 0.1) is 10.5 Å². The summed E-state index contributed by atoms with van der Waals surface area (Å²) in [4.78, 5) is 14.4. The number of amides is 1. The Balaban J connectivity index is 2.10. The van der Waals surface area contributed by atoms with Gasteiger partial charge in [0.05, 0.1) is 0 Å². The molecule has 1 aliphatic rings. The number of anilines is 1. The number of nitrogens with one attached hydrogen (secondary N) is 2. The summed E-state index contributed by atoms with van der Waals surface area (Å²) in [5.74, 6) is 0. The minimum Gasteiger partial charge on any atom is -0.444 e. The van der Waals surface area contributed by atoms with Crippen molar-refractivity contribution >= 4 is 34.4 Å². The second-order valence-electron chi connectivity index (χ2n) is 6.90. The molecule has 0 aliphatic carbocycles. The Kier molecular flexibility index (Phi) is 6.27. The highest BCUT2D eigenvalue weighted by Crippen LogP contribution is 2.24. The van der Waals surface area contributed by atoms with E-state index in [0.717, 1.165) is 42.0 Å². The van der Waals surface area contributed by atoms with Gasteiger partial charge in [0.1, 0.15) is 5.60 Å². The summed E-state index contributed by atoms with van der Waals surface area (Å²) in [6.07, 6.45) is -0.412. The van der Waals surface area contributed by atoms with Crippen LogP contribution in [0.3, 0.4) is 0 Å². The predicted molar refractivity (Wildman–Crippen MR) is 102 cm³/mol. The average molecular weight is 431 g/mol. The van der Waals surface area contributed by atoms with Gasteiger partial charge in [-0.3, -0.25) is 10.2 Å². The van der Waals surface area contributed by atoms with Crippen LogP contribution in [0.25, 0.3) is 0 Å². The molecule has 0 atom stereocenters. The Hall–Kier alpha value is -0.860. The Morgan fingerprint density at radius 3 is 2.61 bits per heavy atom. The first-order valence-electron chi connectivity index (χ1n) is 7.97. The number of halogens is 1. The molecule has 0 bridgehead atoms. The first-order chi connectivity index (χ1) is 10.7. The van der Waals surface area contributed by atoms with Crippen molar-refractivity contribution in [2.24, 2.45) is 0 Å². The Labute approximate surface area is 152 Å². The molecule has 1 aromatic carbocycles. The smallest absolute Gasteiger partial charge is 0.412 e. The number of ether oxygens (including phenoxy) is 1. The largest absolute Gasteiger partial charge is 0.444 e. The molecule has 1 aliphatic heterocycles. The molecule has 0 spiro atoms. The topological polar surface area (TPSA) is 53.6 Å². The fourth-order valence-electron chi connectivity index (χ4n) is 2.50. The number of carbonyl (C=O) groups excluding carboxylic acids is 1. The van der Waals surface area contributed by atoms with E-state index in [-0.39, 0.29) is 0 Å². The van der Waals surface area contributed by atoms with Gasteiger partial charge in [0.25, 0.3) is 0 Å². The molecule has 1 saturated heterocycles. The first-order valence-corrected chi connectivity index (χ1v) is 9.04. The minimum atomic E-state index is -0.494. The van der Waals surface area contributed by atoms with Crippen LogP contribution in [0.4, 0.5) is 10.5 Å². The van der Waals surface area contributed by atoms with Crippen molar-refractivity contribution in [1.82, 2.24) is 10.2 Å².